The first-order valence-corrected chi connectivity index (χ1v) is 7.57. The van der Waals surface area contributed by atoms with Crippen molar-refractivity contribution in [2.45, 2.75) is 44.6 Å². The van der Waals surface area contributed by atoms with E-state index in [0.29, 0.717) is 12.5 Å². The Morgan fingerprint density at radius 1 is 1.29 bits per heavy atom. The molecule has 0 aromatic heterocycles. The van der Waals surface area contributed by atoms with Crippen LogP contribution in [0.4, 0.5) is 4.79 Å². The Hall–Kier alpha value is -1.79. The lowest BCUT2D eigenvalue weighted by Gasteiger charge is -2.28. The minimum atomic E-state index is -0.590. The molecule has 0 aromatic rings. The Bertz CT molecular complexity index is 407. The van der Waals surface area contributed by atoms with Crippen LogP contribution in [0.2, 0.25) is 0 Å². The first kappa shape index (κ1) is 15.6. The highest BCUT2D eigenvalue weighted by Crippen LogP contribution is 2.26. The fraction of sp³-hybridized carbons (Fsp3) is 0.786. The van der Waals surface area contributed by atoms with Crippen molar-refractivity contribution in [3.63, 3.8) is 0 Å². The van der Waals surface area contributed by atoms with Crippen LogP contribution in [0.3, 0.4) is 0 Å². The summed E-state index contributed by atoms with van der Waals surface area (Å²) < 4.78 is 5.00. The first-order valence-electron chi connectivity index (χ1n) is 7.57. The van der Waals surface area contributed by atoms with Gasteiger partial charge in [-0.2, -0.15) is 0 Å². The van der Waals surface area contributed by atoms with Crippen LogP contribution in [-0.2, 0) is 14.3 Å². The number of carbonyl (C=O) groups is 3. The third-order valence-corrected chi connectivity index (χ3v) is 4.13. The largest absolute Gasteiger partial charge is 0.447 e. The average molecular weight is 297 g/mol. The zero-order valence-corrected chi connectivity index (χ0v) is 12.2. The number of nitrogens with zero attached hydrogens (tertiary/aromatic N) is 1. The van der Waals surface area contributed by atoms with Crippen molar-refractivity contribution in [1.29, 1.82) is 0 Å². The summed E-state index contributed by atoms with van der Waals surface area (Å²) in [5.74, 6) is -0.295. The molecule has 1 aliphatic heterocycles. The van der Waals surface area contributed by atoms with E-state index in [1.807, 2.05) is 0 Å². The molecule has 2 fully saturated rings. The Morgan fingerprint density at radius 2 is 2.00 bits per heavy atom. The number of hydrogen-bond donors (Lipinski definition) is 2. The van der Waals surface area contributed by atoms with Crippen LogP contribution in [0.15, 0.2) is 0 Å². The van der Waals surface area contributed by atoms with Gasteiger partial charge < -0.3 is 15.8 Å². The lowest BCUT2D eigenvalue weighted by atomic mass is 9.89. The number of primary amides is 1. The normalized spacial score (nSPS) is 23.0. The van der Waals surface area contributed by atoms with Gasteiger partial charge in [0.05, 0.1) is 0 Å². The van der Waals surface area contributed by atoms with E-state index in [0.717, 1.165) is 12.8 Å². The first-order chi connectivity index (χ1) is 10.1. The molecule has 3 N–H and O–H groups in total. The molecule has 1 aliphatic carbocycles. The van der Waals surface area contributed by atoms with E-state index in [1.165, 1.54) is 24.2 Å². The van der Waals surface area contributed by atoms with Gasteiger partial charge in [0, 0.05) is 19.5 Å². The standard InChI is InChI=1S/C14H23N3O4/c15-12(18)6-7-16-13(19)11-9-21-14(20)17(11)8-10-4-2-1-3-5-10/h10-11H,1-9H2,(H2,15,18)(H,16,19)/t11-/m0/s1. The summed E-state index contributed by atoms with van der Waals surface area (Å²) in [6.45, 7) is 0.844. The summed E-state index contributed by atoms with van der Waals surface area (Å²) in [5, 5.41) is 2.63. The SMILES string of the molecule is NC(=O)CCNC(=O)[C@@H]1COC(=O)N1CC1CCCCC1. The Balaban J connectivity index is 1.86. The molecule has 7 heteroatoms. The topological polar surface area (TPSA) is 102 Å². The predicted molar refractivity (Wildman–Crippen MR) is 75.2 cm³/mol. The van der Waals surface area contributed by atoms with Crippen molar-refractivity contribution in [2.24, 2.45) is 11.7 Å². The predicted octanol–water partition coefficient (Wildman–Crippen LogP) is 0.379. The smallest absolute Gasteiger partial charge is 0.410 e. The molecule has 118 valence electrons. The summed E-state index contributed by atoms with van der Waals surface area (Å²) in [5.41, 5.74) is 5.03. The number of rotatable bonds is 6. The van der Waals surface area contributed by atoms with Gasteiger partial charge in [-0.25, -0.2) is 4.79 Å². The van der Waals surface area contributed by atoms with Crippen molar-refractivity contribution in [1.82, 2.24) is 10.2 Å². The molecule has 2 aliphatic rings. The highest BCUT2D eigenvalue weighted by Gasteiger charge is 2.39. The van der Waals surface area contributed by atoms with E-state index in [-0.39, 0.29) is 25.5 Å². The van der Waals surface area contributed by atoms with Gasteiger partial charge in [-0.1, -0.05) is 19.3 Å². The number of nitrogens with one attached hydrogen (secondary N) is 1. The third kappa shape index (κ3) is 4.34. The Morgan fingerprint density at radius 3 is 2.67 bits per heavy atom. The van der Waals surface area contributed by atoms with Crippen LogP contribution in [0.1, 0.15) is 38.5 Å². The summed E-state index contributed by atoms with van der Waals surface area (Å²) in [6, 6.07) is -0.590. The van der Waals surface area contributed by atoms with Crippen molar-refractivity contribution in [2.75, 3.05) is 19.7 Å². The zero-order chi connectivity index (χ0) is 15.2. The van der Waals surface area contributed by atoms with E-state index in [9.17, 15) is 14.4 Å². The number of hydrogen-bond acceptors (Lipinski definition) is 4. The minimum Gasteiger partial charge on any atom is -0.447 e. The number of carbonyl (C=O) groups excluding carboxylic acids is 3. The maximum absolute atomic E-state index is 12.1. The highest BCUT2D eigenvalue weighted by atomic mass is 16.6. The highest BCUT2D eigenvalue weighted by molar-refractivity contribution is 5.88. The van der Waals surface area contributed by atoms with Crippen LogP contribution in [0.5, 0.6) is 0 Å². The maximum atomic E-state index is 12.1. The van der Waals surface area contributed by atoms with Crippen LogP contribution in [-0.4, -0.2) is 48.5 Å². The molecule has 1 saturated carbocycles. The van der Waals surface area contributed by atoms with Gasteiger partial charge in [0.15, 0.2) is 0 Å². The molecule has 0 aromatic carbocycles. The van der Waals surface area contributed by atoms with Crippen LogP contribution < -0.4 is 11.1 Å². The number of amides is 3. The van der Waals surface area contributed by atoms with E-state index in [1.54, 1.807) is 0 Å². The van der Waals surface area contributed by atoms with Crippen molar-refractivity contribution in [3.8, 4) is 0 Å². The molecule has 0 radical (unpaired) electrons. The van der Waals surface area contributed by atoms with Gasteiger partial charge in [-0.3, -0.25) is 14.5 Å². The minimum absolute atomic E-state index is 0.0773. The summed E-state index contributed by atoms with van der Waals surface area (Å²) in [7, 11) is 0. The molecule has 21 heavy (non-hydrogen) atoms. The van der Waals surface area contributed by atoms with Crippen LogP contribution >= 0.6 is 0 Å². The van der Waals surface area contributed by atoms with Gasteiger partial charge in [0.2, 0.25) is 11.8 Å². The van der Waals surface area contributed by atoms with Crippen molar-refractivity contribution >= 4 is 17.9 Å². The molecular weight excluding hydrogens is 274 g/mol. The van der Waals surface area contributed by atoms with Gasteiger partial charge in [-0.15, -0.1) is 0 Å². The van der Waals surface area contributed by atoms with Crippen molar-refractivity contribution < 1.29 is 19.1 Å². The Kier molecular flexibility index (Phi) is 5.41. The fourth-order valence-corrected chi connectivity index (χ4v) is 2.94. The molecule has 2 rings (SSSR count). The van der Waals surface area contributed by atoms with E-state index >= 15 is 0 Å². The molecular formula is C14H23N3O4. The molecule has 1 heterocycles. The second-order valence-corrected chi connectivity index (χ2v) is 5.76. The van der Waals surface area contributed by atoms with Crippen molar-refractivity contribution in [3.05, 3.63) is 0 Å². The number of nitrogens with two attached hydrogens (primary N) is 1. The second-order valence-electron chi connectivity index (χ2n) is 5.76. The third-order valence-electron chi connectivity index (χ3n) is 4.13. The van der Waals surface area contributed by atoms with Crippen LogP contribution in [0.25, 0.3) is 0 Å². The number of ether oxygens (including phenoxy) is 1. The van der Waals surface area contributed by atoms with E-state index in [4.69, 9.17) is 10.5 Å². The van der Waals surface area contributed by atoms with Crippen LogP contribution in [0, 0.1) is 5.92 Å². The molecule has 0 spiro atoms. The molecule has 7 nitrogen and oxygen atoms in total. The van der Waals surface area contributed by atoms with E-state index < -0.39 is 18.0 Å². The quantitative estimate of drug-likeness (QED) is 0.740. The average Bonchev–Trinajstić information content (AvgIpc) is 2.81. The monoisotopic (exact) mass is 297 g/mol. The van der Waals surface area contributed by atoms with Gasteiger partial charge in [-0.05, 0) is 18.8 Å². The maximum Gasteiger partial charge on any atom is 0.410 e. The summed E-state index contributed by atoms with van der Waals surface area (Å²) in [6.07, 6.45) is 5.48. The lowest BCUT2D eigenvalue weighted by Crippen LogP contribution is -2.48. The van der Waals surface area contributed by atoms with Gasteiger partial charge in [0.1, 0.15) is 12.6 Å². The molecule has 0 unspecified atom stereocenters. The number of cyclic esters (lactones) is 1. The zero-order valence-electron chi connectivity index (χ0n) is 12.2. The fourth-order valence-electron chi connectivity index (χ4n) is 2.94. The lowest BCUT2D eigenvalue weighted by molar-refractivity contribution is -0.125. The second kappa shape index (κ2) is 7.28. The molecule has 1 saturated heterocycles. The molecule has 3 amide bonds. The molecule has 0 bridgehead atoms. The van der Waals surface area contributed by atoms with E-state index in [2.05, 4.69) is 5.32 Å². The van der Waals surface area contributed by atoms with Gasteiger partial charge in [0.25, 0.3) is 0 Å². The summed E-state index contributed by atoms with van der Waals surface area (Å²) in [4.78, 5) is 36.1. The van der Waals surface area contributed by atoms with Gasteiger partial charge >= 0.3 is 6.09 Å². The molecule has 1 atom stereocenters. The Labute approximate surface area is 124 Å². The summed E-state index contributed by atoms with van der Waals surface area (Å²) >= 11 is 0.